The average Bonchev–Trinajstić information content (AvgIpc) is 2.80. The molecule has 2 rings (SSSR count). The van der Waals surface area contributed by atoms with Crippen molar-refractivity contribution in [2.24, 2.45) is 5.84 Å². The van der Waals surface area contributed by atoms with Gasteiger partial charge in [-0.05, 0) is 58.6 Å². The minimum Gasteiger partial charge on any atom is -0.306 e. The Kier molecular flexibility index (Phi) is 5.15. The second-order valence-corrected chi connectivity index (χ2v) is 6.87. The Bertz CT molecular complexity index is 466. The lowest BCUT2D eigenvalue weighted by Crippen LogP contribution is -2.41. The third-order valence-corrected chi connectivity index (χ3v) is 5.20. The van der Waals surface area contributed by atoms with E-state index in [2.05, 4.69) is 36.2 Å². The van der Waals surface area contributed by atoms with E-state index in [0.29, 0.717) is 10.9 Å². The topological polar surface area (TPSA) is 61.6 Å². The van der Waals surface area contributed by atoms with Gasteiger partial charge >= 0.3 is 0 Å². The van der Waals surface area contributed by atoms with Crippen LogP contribution in [0.3, 0.4) is 0 Å². The fourth-order valence-electron chi connectivity index (χ4n) is 2.69. The lowest BCUT2D eigenvalue weighted by atomic mass is 10.0. The minimum atomic E-state index is -0.203. The summed E-state index contributed by atoms with van der Waals surface area (Å²) in [7, 11) is 4.35. The summed E-state index contributed by atoms with van der Waals surface area (Å²) >= 11 is 1.51. The van der Waals surface area contributed by atoms with Crippen LogP contribution in [-0.4, -0.2) is 48.9 Å². The molecule has 0 unspecified atom stereocenters. The monoisotopic (exact) mass is 296 g/mol. The van der Waals surface area contributed by atoms with Crippen LogP contribution in [0.5, 0.6) is 0 Å². The zero-order valence-corrected chi connectivity index (χ0v) is 13.3. The number of likely N-dealkylation sites (tertiary alicyclic amines) is 1. The van der Waals surface area contributed by atoms with E-state index in [4.69, 9.17) is 5.84 Å². The van der Waals surface area contributed by atoms with Crippen LogP contribution in [0.1, 0.15) is 33.0 Å². The number of amides is 1. The second kappa shape index (κ2) is 6.67. The van der Waals surface area contributed by atoms with Crippen molar-refractivity contribution in [3.63, 3.8) is 0 Å². The molecular weight excluding hydrogens is 272 g/mol. The van der Waals surface area contributed by atoms with Gasteiger partial charge in [0.1, 0.15) is 0 Å². The van der Waals surface area contributed by atoms with E-state index >= 15 is 0 Å². The van der Waals surface area contributed by atoms with E-state index in [1.165, 1.54) is 47.7 Å². The van der Waals surface area contributed by atoms with Crippen molar-refractivity contribution in [3.05, 3.63) is 21.4 Å². The quantitative estimate of drug-likeness (QED) is 0.498. The maximum Gasteiger partial charge on any atom is 0.275 e. The number of nitrogens with two attached hydrogens (primary N) is 1. The number of rotatable bonds is 4. The largest absolute Gasteiger partial charge is 0.306 e. The van der Waals surface area contributed by atoms with Crippen LogP contribution in [-0.2, 0) is 6.54 Å². The van der Waals surface area contributed by atoms with Gasteiger partial charge in [0.15, 0.2) is 0 Å². The highest BCUT2D eigenvalue weighted by atomic mass is 32.1. The summed E-state index contributed by atoms with van der Waals surface area (Å²) in [5.41, 5.74) is 3.43. The molecule has 0 aliphatic carbocycles. The first-order valence-corrected chi connectivity index (χ1v) is 7.82. The molecule has 1 saturated heterocycles. The molecular formula is C14H24N4OS. The summed E-state index contributed by atoms with van der Waals surface area (Å²) in [6, 6.07) is 2.60. The molecule has 3 N–H and O–H groups in total. The molecule has 0 radical (unpaired) electrons. The fourth-order valence-corrected chi connectivity index (χ4v) is 3.63. The summed E-state index contributed by atoms with van der Waals surface area (Å²) in [6.45, 7) is 5.29. The van der Waals surface area contributed by atoms with E-state index in [0.717, 1.165) is 6.54 Å². The second-order valence-electron chi connectivity index (χ2n) is 5.62. The number of hydrogen-bond donors (Lipinski definition) is 2. The van der Waals surface area contributed by atoms with Gasteiger partial charge in [0, 0.05) is 17.5 Å². The van der Waals surface area contributed by atoms with Gasteiger partial charge in [0.25, 0.3) is 5.91 Å². The molecule has 1 aromatic heterocycles. The lowest BCUT2D eigenvalue weighted by molar-refractivity contribution is 0.0957. The number of aryl methyl sites for hydroxylation is 1. The smallest absolute Gasteiger partial charge is 0.275 e. The van der Waals surface area contributed by atoms with Crippen LogP contribution in [0.4, 0.5) is 0 Å². The maximum absolute atomic E-state index is 11.6. The van der Waals surface area contributed by atoms with Crippen molar-refractivity contribution in [2.75, 3.05) is 27.2 Å². The Hall–Kier alpha value is -0.950. The number of hydrogen-bond acceptors (Lipinski definition) is 5. The lowest BCUT2D eigenvalue weighted by Gasteiger charge is -2.35. The van der Waals surface area contributed by atoms with Crippen LogP contribution < -0.4 is 11.3 Å². The Morgan fingerprint density at radius 3 is 2.80 bits per heavy atom. The highest BCUT2D eigenvalue weighted by molar-refractivity contribution is 7.14. The molecule has 0 bridgehead atoms. The summed E-state index contributed by atoms with van der Waals surface area (Å²) < 4.78 is 0. The number of carbonyl (C=O) groups excluding carboxylic acids is 1. The standard InChI is InChI=1S/C14H24N4OS/c1-10-11(8-13(20-10)14(19)16-15)9-18(3)12-4-6-17(2)7-5-12/h8,12H,4-7,9,15H2,1-3H3,(H,16,19). The van der Waals surface area contributed by atoms with Gasteiger partial charge in [0.05, 0.1) is 4.88 Å². The van der Waals surface area contributed by atoms with Crippen LogP contribution >= 0.6 is 11.3 Å². The number of hydrazine groups is 1. The normalized spacial score (nSPS) is 17.6. The molecule has 2 heterocycles. The summed E-state index contributed by atoms with van der Waals surface area (Å²) in [6.07, 6.45) is 2.43. The number of piperidine rings is 1. The average molecular weight is 296 g/mol. The first kappa shape index (κ1) is 15.4. The molecule has 0 saturated carbocycles. The van der Waals surface area contributed by atoms with Crippen LogP contribution in [0.2, 0.25) is 0 Å². The van der Waals surface area contributed by atoms with E-state index < -0.39 is 0 Å². The van der Waals surface area contributed by atoms with Gasteiger partial charge in [-0.2, -0.15) is 0 Å². The van der Waals surface area contributed by atoms with Crippen molar-refractivity contribution in [1.82, 2.24) is 15.2 Å². The Balaban J connectivity index is 1.99. The third-order valence-electron chi connectivity index (χ3n) is 4.11. The molecule has 1 aliphatic heterocycles. The van der Waals surface area contributed by atoms with Gasteiger partial charge < -0.3 is 4.90 Å². The van der Waals surface area contributed by atoms with Crippen molar-refractivity contribution in [2.45, 2.75) is 32.4 Å². The van der Waals surface area contributed by atoms with Gasteiger partial charge in [-0.15, -0.1) is 11.3 Å². The summed E-state index contributed by atoms with van der Waals surface area (Å²) in [5, 5.41) is 0. The van der Waals surface area contributed by atoms with Gasteiger partial charge in [-0.25, -0.2) is 5.84 Å². The van der Waals surface area contributed by atoms with Crippen molar-refractivity contribution < 1.29 is 4.79 Å². The Morgan fingerprint density at radius 2 is 2.20 bits per heavy atom. The van der Waals surface area contributed by atoms with Crippen molar-refractivity contribution in [3.8, 4) is 0 Å². The molecule has 6 heteroatoms. The fraction of sp³-hybridized carbons (Fsp3) is 0.643. The Labute approximate surface area is 124 Å². The Morgan fingerprint density at radius 1 is 1.55 bits per heavy atom. The predicted molar refractivity (Wildman–Crippen MR) is 82.7 cm³/mol. The molecule has 0 aromatic carbocycles. The van der Waals surface area contributed by atoms with E-state index in [1.54, 1.807) is 0 Å². The minimum absolute atomic E-state index is 0.203. The summed E-state index contributed by atoms with van der Waals surface area (Å²) in [5.74, 6) is 4.98. The summed E-state index contributed by atoms with van der Waals surface area (Å²) in [4.78, 5) is 18.2. The molecule has 0 atom stereocenters. The van der Waals surface area contributed by atoms with Gasteiger partial charge in [-0.1, -0.05) is 0 Å². The zero-order chi connectivity index (χ0) is 14.7. The van der Waals surface area contributed by atoms with E-state index in [-0.39, 0.29) is 5.91 Å². The van der Waals surface area contributed by atoms with E-state index in [9.17, 15) is 4.79 Å². The molecule has 0 spiro atoms. The molecule has 1 aliphatic rings. The number of nitrogens with one attached hydrogen (secondary N) is 1. The van der Waals surface area contributed by atoms with Gasteiger partial charge in [-0.3, -0.25) is 15.1 Å². The SMILES string of the molecule is Cc1sc(C(=O)NN)cc1CN(C)C1CCN(C)CC1. The number of thiophene rings is 1. The maximum atomic E-state index is 11.6. The number of nitrogen functional groups attached to an aromatic ring is 1. The molecule has 1 aromatic rings. The van der Waals surface area contributed by atoms with Crippen LogP contribution in [0.25, 0.3) is 0 Å². The first-order valence-electron chi connectivity index (χ1n) is 7.00. The molecule has 112 valence electrons. The first-order chi connectivity index (χ1) is 9.51. The van der Waals surface area contributed by atoms with Crippen LogP contribution in [0, 0.1) is 6.92 Å². The predicted octanol–water partition coefficient (Wildman–Crippen LogP) is 1.19. The number of nitrogens with zero attached hydrogens (tertiary/aromatic N) is 2. The van der Waals surface area contributed by atoms with E-state index in [1.807, 2.05) is 6.07 Å². The van der Waals surface area contributed by atoms with Crippen LogP contribution in [0.15, 0.2) is 6.07 Å². The van der Waals surface area contributed by atoms with Crippen molar-refractivity contribution >= 4 is 17.2 Å². The molecule has 1 amide bonds. The molecule has 5 nitrogen and oxygen atoms in total. The molecule has 20 heavy (non-hydrogen) atoms. The number of carbonyl (C=O) groups is 1. The van der Waals surface area contributed by atoms with Gasteiger partial charge in [0.2, 0.25) is 0 Å². The third kappa shape index (κ3) is 3.58. The molecule has 1 fully saturated rings. The highest BCUT2D eigenvalue weighted by Crippen LogP contribution is 2.24. The van der Waals surface area contributed by atoms with Crippen molar-refractivity contribution in [1.29, 1.82) is 0 Å². The highest BCUT2D eigenvalue weighted by Gasteiger charge is 2.21. The zero-order valence-electron chi connectivity index (χ0n) is 12.5.